The fourth-order valence-corrected chi connectivity index (χ4v) is 2.48. The first-order valence-electron chi connectivity index (χ1n) is 5.66. The summed E-state index contributed by atoms with van der Waals surface area (Å²) in [5.41, 5.74) is 10.2. The molecule has 0 aliphatic heterocycles. The summed E-state index contributed by atoms with van der Waals surface area (Å²) >= 11 is 3.48. The van der Waals surface area contributed by atoms with E-state index in [0.29, 0.717) is 5.95 Å². The maximum atomic E-state index is 6.02. The summed E-state index contributed by atoms with van der Waals surface area (Å²) in [7, 11) is 0. The van der Waals surface area contributed by atoms with Crippen molar-refractivity contribution in [2.45, 2.75) is 6.92 Å². The molecule has 0 amide bonds. The molecule has 90 valence electrons. The fraction of sp³-hybridized carbons (Fsp3) is 0.0714. The number of nitrogen functional groups attached to an aromatic ring is 1. The number of anilines is 1. The second-order valence-corrected chi connectivity index (χ2v) is 5.19. The van der Waals surface area contributed by atoms with Gasteiger partial charge in [0.15, 0.2) is 0 Å². The van der Waals surface area contributed by atoms with E-state index < -0.39 is 0 Å². The van der Waals surface area contributed by atoms with Crippen molar-refractivity contribution in [3.63, 3.8) is 0 Å². The van der Waals surface area contributed by atoms with E-state index in [1.165, 1.54) is 5.56 Å². The number of fused-ring (bicyclic) bond motifs is 1. The van der Waals surface area contributed by atoms with Crippen LogP contribution in [0.5, 0.6) is 0 Å². The summed E-state index contributed by atoms with van der Waals surface area (Å²) in [5, 5.41) is 0. The van der Waals surface area contributed by atoms with E-state index in [-0.39, 0.29) is 0 Å². The Morgan fingerprint density at radius 2 is 2.00 bits per heavy atom. The van der Waals surface area contributed by atoms with Gasteiger partial charge in [-0.3, -0.25) is 4.57 Å². The lowest BCUT2D eigenvalue weighted by Gasteiger charge is -2.07. The number of nitrogens with two attached hydrogens (primary N) is 1. The highest BCUT2D eigenvalue weighted by Gasteiger charge is 2.10. The standard InChI is InChI=1S/C14H12BrN3/c1-9-5-6-12-13(7-9)18(14(16)17-12)11-4-2-3-10(15)8-11/h2-8H,1H3,(H2,16,17). The van der Waals surface area contributed by atoms with Crippen molar-refractivity contribution < 1.29 is 0 Å². The van der Waals surface area contributed by atoms with E-state index in [0.717, 1.165) is 21.2 Å². The van der Waals surface area contributed by atoms with Crippen LogP contribution >= 0.6 is 15.9 Å². The number of halogens is 1. The van der Waals surface area contributed by atoms with Crippen molar-refractivity contribution in [2.75, 3.05) is 5.73 Å². The molecule has 1 aromatic heterocycles. The monoisotopic (exact) mass is 301 g/mol. The first-order valence-corrected chi connectivity index (χ1v) is 6.45. The molecule has 3 aromatic rings. The van der Waals surface area contributed by atoms with Crippen LogP contribution in [0.25, 0.3) is 16.7 Å². The van der Waals surface area contributed by atoms with Gasteiger partial charge in [-0.15, -0.1) is 0 Å². The smallest absolute Gasteiger partial charge is 0.205 e. The van der Waals surface area contributed by atoms with Gasteiger partial charge in [0, 0.05) is 4.47 Å². The highest BCUT2D eigenvalue weighted by molar-refractivity contribution is 9.10. The molecule has 3 nitrogen and oxygen atoms in total. The van der Waals surface area contributed by atoms with Crippen LogP contribution < -0.4 is 5.73 Å². The Labute approximate surface area is 113 Å². The van der Waals surface area contributed by atoms with E-state index in [1.54, 1.807) is 0 Å². The highest BCUT2D eigenvalue weighted by Crippen LogP contribution is 2.25. The molecule has 2 aromatic carbocycles. The third kappa shape index (κ3) is 1.78. The molecule has 0 atom stereocenters. The van der Waals surface area contributed by atoms with Crippen LogP contribution in [-0.2, 0) is 0 Å². The van der Waals surface area contributed by atoms with E-state index in [9.17, 15) is 0 Å². The molecule has 0 spiro atoms. The van der Waals surface area contributed by atoms with Gasteiger partial charge in [-0.2, -0.15) is 0 Å². The molecule has 3 rings (SSSR count). The maximum absolute atomic E-state index is 6.02. The van der Waals surface area contributed by atoms with Crippen LogP contribution in [0.2, 0.25) is 0 Å². The zero-order valence-corrected chi connectivity index (χ0v) is 11.5. The van der Waals surface area contributed by atoms with Gasteiger partial charge in [-0.05, 0) is 42.8 Å². The molecule has 0 saturated heterocycles. The molecule has 4 heteroatoms. The quantitative estimate of drug-likeness (QED) is 0.745. The summed E-state index contributed by atoms with van der Waals surface area (Å²) in [6.07, 6.45) is 0. The number of benzene rings is 2. The summed E-state index contributed by atoms with van der Waals surface area (Å²) in [6.45, 7) is 2.06. The fourth-order valence-electron chi connectivity index (χ4n) is 2.09. The summed E-state index contributed by atoms with van der Waals surface area (Å²) in [5.74, 6) is 0.508. The number of hydrogen-bond donors (Lipinski definition) is 1. The molecular formula is C14H12BrN3. The molecule has 0 saturated carbocycles. The molecule has 0 bridgehead atoms. The lowest BCUT2D eigenvalue weighted by atomic mass is 10.2. The number of aromatic nitrogens is 2. The predicted molar refractivity (Wildman–Crippen MR) is 77.9 cm³/mol. The average Bonchev–Trinajstić information content (AvgIpc) is 2.64. The van der Waals surface area contributed by atoms with Crippen LogP contribution in [0.4, 0.5) is 5.95 Å². The topological polar surface area (TPSA) is 43.8 Å². The number of rotatable bonds is 1. The average molecular weight is 302 g/mol. The molecule has 1 heterocycles. The zero-order chi connectivity index (χ0) is 12.7. The Morgan fingerprint density at radius 3 is 2.78 bits per heavy atom. The second kappa shape index (κ2) is 4.14. The van der Waals surface area contributed by atoms with Crippen LogP contribution in [0.3, 0.4) is 0 Å². The van der Waals surface area contributed by atoms with Crippen LogP contribution in [0.15, 0.2) is 46.9 Å². The van der Waals surface area contributed by atoms with Gasteiger partial charge < -0.3 is 5.73 Å². The van der Waals surface area contributed by atoms with Gasteiger partial charge in [0.05, 0.1) is 16.7 Å². The Balaban J connectivity index is 2.34. The summed E-state index contributed by atoms with van der Waals surface area (Å²) in [4.78, 5) is 4.39. The maximum Gasteiger partial charge on any atom is 0.205 e. The van der Waals surface area contributed by atoms with E-state index in [2.05, 4.69) is 33.9 Å². The second-order valence-electron chi connectivity index (χ2n) is 4.28. The Bertz CT molecular complexity index is 731. The van der Waals surface area contributed by atoms with Gasteiger partial charge in [0.2, 0.25) is 5.95 Å². The minimum Gasteiger partial charge on any atom is -0.369 e. The number of nitrogens with zero attached hydrogens (tertiary/aromatic N) is 2. The van der Waals surface area contributed by atoms with E-state index >= 15 is 0 Å². The highest BCUT2D eigenvalue weighted by atomic mass is 79.9. The third-order valence-corrected chi connectivity index (χ3v) is 3.40. The lowest BCUT2D eigenvalue weighted by molar-refractivity contribution is 1.11. The number of imidazole rings is 1. The minimum atomic E-state index is 0.508. The minimum absolute atomic E-state index is 0.508. The zero-order valence-electron chi connectivity index (χ0n) is 9.89. The molecule has 0 unspecified atom stereocenters. The Kier molecular flexibility index (Phi) is 2.59. The molecule has 0 fully saturated rings. The molecular weight excluding hydrogens is 290 g/mol. The molecule has 18 heavy (non-hydrogen) atoms. The molecule has 0 aliphatic rings. The van der Waals surface area contributed by atoms with Gasteiger partial charge in [0.1, 0.15) is 0 Å². The van der Waals surface area contributed by atoms with Crippen LogP contribution in [-0.4, -0.2) is 9.55 Å². The Hall–Kier alpha value is -1.81. The van der Waals surface area contributed by atoms with Gasteiger partial charge in [0.25, 0.3) is 0 Å². The van der Waals surface area contributed by atoms with Crippen molar-refractivity contribution in [2.24, 2.45) is 0 Å². The third-order valence-electron chi connectivity index (χ3n) is 2.90. The van der Waals surface area contributed by atoms with Gasteiger partial charge in [-0.1, -0.05) is 28.1 Å². The van der Waals surface area contributed by atoms with Gasteiger partial charge in [-0.25, -0.2) is 4.98 Å². The molecule has 0 radical (unpaired) electrons. The van der Waals surface area contributed by atoms with Crippen molar-refractivity contribution in [1.82, 2.24) is 9.55 Å². The van der Waals surface area contributed by atoms with E-state index in [1.807, 2.05) is 41.0 Å². The van der Waals surface area contributed by atoms with Crippen molar-refractivity contribution >= 4 is 32.9 Å². The number of hydrogen-bond acceptors (Lipinski definition) is 2. The SMILES string of the molecule is Cc1ccc2nc(N)n(-c3cccc(Br)c3)c2c1. The normalized spacial score (nSPS) is 11.0. The van der Waals surface area contributed by atoms with Crippen molar-refractivity contribution in [1.29, 1.82) is 0 Å². The molecule has 2 N–H and O–H groups in total. The predicted octanol–water partition coefficient (Wildman–Crippen LogP) is 3.68. The van der Waals surface area contributed by atoms with Gasteiger partial charge >= 0.3 is 0 Å². The summed E-state index contributed by atoms with van der Waals surface area (Å²) in [6, 6.07) is 14.2. The van der Waals surface area contributed by atoms with Crippen molar-refractivity contribution in [3.8, 4) is 5.69 Å². The number of aryl methyl sites for hydroxylation is 1. The Morgan fingerprint density at radius 1 is 1.17 bits per heavy atom. The van der Waals surface area contributed by atoms with Crippen LogP contribution in [0.1, 0.15) is 5.56 Å². The first kappa shape index (κ1) is 11.3. The van der Waals surface area contributed by atoms with Crippen LogP contribution in [0, 0.1) is 6.92 Å². The van der Waals surface area contributed by atoms with Crippen molar-refractivity contribution in [3.05, 3.63) is 52.5 Å². The lowest BCUT2D eigenvalue weighted by Crippen LogP contribution is -2.00. The van der Waals surface area contributed by atoms with E-state index in [4.69, 9.17) is 5.73 Å². The summed E-state index contributed by atoms with van der Waals surface area (Å²) < 4.78 is 2.99. The first-order chi connectivity index (χ1) is 8.65. The molecule has 0 aliphatic carbocycles. The largest absolute Gasteiger partial charge is 0.369 e.